The summed E-state index contributed by atoms with van der Waals surface area (Å²) in [6.45, 7) is 0. The molecule has 66 valence electrons. The van der Waals surface area contributed by atoms with Crippen LogP contribution >= 0.6 is 0 Å². The topological polar surface area (TPSA) is 27.1 Å². The van der Waals surface area contributed by atoms with Gasteiger partial charge < -0.3 is 4.84 Å². The predicted molar refractivity (Wildman–Crippen MR) is 49.3 cm³/mol. The second-order valence-electron chi connectivity index (χ2n) is 3.36. The Hall–Kier alpha value is -1.51. The molecule has 1 aromatic heterocycles. The van der Waals surface area contributed by atoms with E-state index < -0.39 is 0 Å². The first-order chi connectivity index (χ1) is 6.43. The molecule has 0 unspecified atom stereocenters. The highest BCUT2D eigenvalue weighted by molar-refractivity contribution is 5.74. The first-order valence-corrected chi connectivity index (χ1v) is 4.53. The van der Waals surface area contributed by atoms with E-state index in [1.807, 2.05) is 24.3 Å². The summed E-state index contributed by atoms with van der Waals surface area (Å²) in [7, 11) is 0. The Balaban J connectivity index is 2.06. The summed E-state index contributed by atoms with van der Waals surface area (Å²) in [5.74, 6) is 0. The fourth-order valence-corrected chi connectivity index (χ4v) is 1.35. The smallest absolute Gasteiger partial charge is 0.133 e. The molecule has 0 atom stereocenters. The molecule has 3 nitrogen and oxygen atoms in total. The van der Waals surface area contributed by atoms with Gasteiger partial charge in [0.15, 0.2) is 0 Å². The van der Waals surface area contributed by atoms with Crippen LogP contribution in [0.1, 0.15) is 12.8 Å². The van der Waals surface area contributed by atoms with Crippen molar-refractivity contribution < 1.29 is 4.84 Å². The average Bonchev–Trinajstić information content (AvgIpc) is 2.88. The highest BCUT2D eigenvalue weighted by atomic mass is 16.7. The molecule has 0 aliphatic heterocycles. The molecule has 1 fully saturated rings. The summed E-state index contributed by atoms with van der Waals surface area (Å²) in [6.07, 6.45) is 4.50. The Morgan fingerprint density at radius 1 is 1.31 bits per heavy atom. The Morgan fingerprint density at radius 3 is 3.00 bits per heavy atom. The van der Waals surface area contributed by atoms with Gasteiger partial charge in [0, 0.05) is 0 Å². The van der Waals surface area contributed by atoms with Crippen LogP contribution in [0.3, 0.4) is 0 Å². The number of rotatable bonds is 2. The number of para-hydroxylation sites is 2. The van der Waals surface area contributed by atoms with Gasteiger partial charge in [-0.2, -0.15) is 4.73 Å². The lowest BCUT2D eigenvalue weighted by Crippen LogP contribution is -2.11. The highest BCUT2D eigenvalue weighted by Crippen LogP contribution is 2.22. The number of hydrogen-bond donors (Lipinski definition) is 0. The number of fused-ring (bicyclic) bond motifs is 1. The van der Waals surface area contributed by atoms with Gasteiger partial charge in [0.1, 0.15) is 17.9 Å². The summed E-state index contributed by atoms with van der Waals surface area (Å²) in [6, 6.07) is 7.99. The molecule has 1 saturated carbocycles. The molecule has 3 heteroatoms. The third-order valence-electron chi connectivity index (χ3n) is 2.21. The minimum absolute atomic E-state index is 0.414. The van der Waals surface area contributed by atoms with Crippen LogP contribution in [0.5, 0.6) is 0 Å². The Labute approximate surface area is 75.9 Å². The van der Waals surface area contributed by atoms with Crippen LogP contribution in [0.2, 0.25) is 0 Å². The molecule has 3 rings (SSSR count). The zero-order valence-corrected chi connectivity index (χ0v) is 7.18. The van der Waals surface area contributed by atoms with Crippen molar-refractivity contribution >= 4 is 11.0 Å². The van der Waals surface area contributed by atoms with E-state index >= 15 is 0 Å². The second kappa shape index (κ2) is 2.49. The van der Waals surface area contributed by atoms with E-state index in [1.54, 1.807) is 11.1 Å². The molecule has 0 spiro atoms. The molecule has 1 aromatic carbocycles. The number of hydrogen-bond acceptors (Lipinski definition) is 2. The maximum absolute atomic E-state index is 5.63. The number of nitrogens with zero attached hydrogens (tertiary/aromatic N) is 2. The quantitative estimate of drug-likeness (QED) is 0.691. The van der Waals surface area contributed by atoms with E-state index in [4.69, 9.17) is 4.84 Å². The van der Waals surface area contributed by atoms with Crippen LogP contribution in [-0.4, -0.2) is 15.8 Å². The Bertz CT molecular complexity index is 431. The first-order valence-electron chi connectivity index (χ1n) is 4.53. The van der Waals surface area contributed by atoms with Crippen LogP contribution in [0.25, 0.3) is 11.0 Å². The minimum Gasteiger partial charge on any atom is -0.409 e. The number of imidazole rings is 1. The average molecular weight is 174 g/mol. The molecule has 0 bridgehead atoms. The predicted octanol–water partition coefficient (Wildman–Crippen LogP) is 1.63. The maximum Gasteiger partial charge on any atom is 0.133 e. The standard InChI is InChI=1S/C10H10N2O/c1-2-4-10-9(3-1)11-7-12(10)13-8-5-6-8/h1-4,7-8H,5-6H2. The van der Waals surface area contributed by atoms with E-state index in [0.29, 0.717) is 6.10 Å². The lowest BCUT2D eigenvalue weighted by molar-refractivity contribution is 0.105. The molecule has 1 heterocycles. The summed E-state index contributed by atoms with van der Waals surface area (Å²) in [4.78, 5) is 9.87. The maximum atomic E-state index is 5.63. The SMILES string of the molecule is c1ccc2c(c1)ncn2OC1CC1. The fraction of sp³-hybridized carbons (Fsp3) is 0.300. The van der Waals surface area contributed by atoms with Crippen molar-refractivity contribution in [3.63, 3.8) is 0 Å². The molecule has 1 aliphatic carbocycles. The lowest BCUT2D eigenvalue weighted by atomic mass is 10.3. The molecular weight excluding hydrogens is 164 g/mol. The minimum atomic E-state index is 0.414. The molecule has 0 amide bonds. The van der Waals surface area contributed by atoms with E-state index in [0.717, 1.165) is 11.0 Å². The second-order valence-corrected chi connectivity index (χ2v) is 3.36. The number of aromatic nitrogens is 2. The summed E-state index contributed by atoms with van der Waals surface area (Å²) in [5.41, 5.74) is 2.04. The van der Waals surface area contributed by atoms with Crippen LogP contribution in [0, 0.1) is 0 Å². The van der Waals surface area contributed by atoms with Gasteiger partial charge in [-0.15, -0.1) is 0 Å². The van der Waals surface area contributed by atoms with E-state index in [-0.39, 0.29) is 0 Å². The van der Waals surface area contributed by atoms with Gasteiger partial charge in [0.05, 0.1) is 5.52 Å². The normalized spacial score (nSPS) is 16.3. The van der Waals surface area contributed by atoms with Crippen LogP contribution in [0.4, 0.5) is 0 Å². The summed E-state index contributed by atoms with van der Waals surface area (Å²) >= 11 is 0. The zero-order valence-electron chi connectivity index (χ0n) is 7.18. The highest BCUT2D eigenvalue weighted by Gasteiger charge is 2.24. The molecule has 0 radical (unpaired) electrons. The van der Waals surface area contributed by atoms with Gasteiger partial charge >= 0.3 is 0 Å². The summed E-state index contributed by atoms with van der Waals surface area (Å²) in [5, 5.41) is 0. The van der Waals surface area contributed by atoms with Gasteiger partial charge in [-0.25, -0.2) is 4.98 Å². The van der Waals surface area contributed by atoms with E-state index in [9.17, 15) is 0 Å². The fourth-order valence-electron chi connectivity index (χ4n) is 1.35. The summed E-state index contributed by atoms with van der Waals surface area (Å²) < 4.78 is 1.77. The van der Waals surface area contributed by atoms with Crippen molar-refractivity contribution in [1.29, 1.82) is 0 Å². The van der Waals surface area contributed by atoms with Crippen molar-refractivity contribution in [3.8, 4) is 0 Å². The van der Waals surface area contributed by atoms with Gasteiger partial charge in [-0.3, -0.25) is 0 Å². The number of benzene rings is 1. The molecule has 0 saturated heterocycles. The third-order valence-corrected chi connectivity index (χ3v) is 2.21. The first kappa shape index (κ1) is 6.95. The molecule has 0 N–H and O–H groups in total. The van der Waals surface area contributed by atoms with Crippen LogP contribution in [-0.2, 0) is 0 Å². The van der Waals surface area contributed by atoms with Crippen molar-refractivity contribution in [2.45, 2.75) is 18.9 Å². The van der Waals surface area contributed by atoms with Gasteiger partial charge in [0.2, 0.25) is 0 Å². The lowest BCUT2D eigenvalue weighted by Gasteiger charge is -2.04. The molecule has 2 aromatic rings. The Morgan fingerprint density at radius 2 is 2.15 bits per heavy atom. The van der Waals surface area contributed by atoms with Crippen molar-refractivity contribution in [1.82, 2.24) is 9.71 Å². The van der Waals surface area contributed by atoms with Crippen molar-refractivity contribution in [2.24, 2.45) is 0 Å². The van der Waals surface area contributed by atoms with Gasteiger partial charge in [0.25, 0.3) is 0 Å². The van der Waals surface area contributed by atoms with E-state index in [1.165, 1.54) is 12.8 Å². The van der Waals surface area contributed by atoms with Crippen molar-refractivity contribution in [2.75, 3.05) is 0 Å². The van der Waals surface area contributed by atoms with Crippen LogP contribution in [0.15, 0.2) is 30.6 Å². The molecular formula is C10H10N2O. The van der Waals surface area contributed by atoms with E-state index in [2.05, 4.69) is 4.98 Å². The largest absolute Gasteiger partial charge is 0.409 e. The molecule has 1 aliphatic rings. The van der Waals surface area contributed by atoms with Gasteiger partial charge in [-0.05, 0) is 25.0 Å². The van der Waals surface area contributed by atoms with Crippen LogP contribution < -0.4 is 4.84 Å². The van der Waals surface area contributed by atoms with Gasteiger partial charge in [-0.1, -0.05) is 12.1 Å². The Kier molecular flexibility index (Phi) is 1.33. The molecule has 13 heavy (non-hydrogen) atoms. The third kappa shape index (κ3) is 1.16. The van der Waals surface area contributed by atoms with Crippen molar-refractivity contribution in [3.05, 3.63) is 30.6 Å². The monoisotopic (exact) mass is 174 g/mol. The zero-order chi connectivity index (χ0) is 8.67.